The van der Waals surface area contributed by atoms with Gasteiger partial charge in [-0.15, -0.1) is 11.3 Å². The van der Waals surface area contributed by atoms with E-state index in [0.717, 1.165) is 10.6 Å². The molecule has 19 heavy (non-hydrogen) atoms. The molecule has 0 amide bonds. The van der Waals surface area contributed by atoms with Gasteiger partial charge in [0, 0.05) is 11.4 Å². The number of rotatable bonds is 4. The summed E-state index contributed by atoms with van der Waals surface area (Å²) >= 11 is 1.39. The van der Waals surface area contributed by atoms with Crippen LogP contribution in [0.5, 0.6) is 0 Å². The number of sulfonamides is 1. The zero-order chi connectivity index (χ0) is 13.9. The average molecular weight is 293 g/mol. The summed E-state index contributed by atoms with van der Waals surface area (Å²) in [6, 6.07) is 7.99. The number of hydrogen-bond acceptors (Lipinski definition) is 5. The van der Waals surface area contributed by atoms with Crippen molar-refractivity contribution in [1.82, 2.24) is 9.71 Å². The Kier molecular flexibility index (Phi) is 3.95. The minimum atomic E-state index is -3.69. The highest BCUT2D eigenvalue weighted by atomic mass is 32.2. The summed E-state index contributed by atoms with van der Waals surface area (Å²) in [5.74, 6) is 0. The second-order valence-corrected chi connectivity index (χ2v) is 6.47. The number of thiazole rings is 1. The lowest BCUT2D eigenvalue weighted by atomic mass is 10.2. The van der Waals surface area contributed by atoms with Crippen LogP contribution in [-0.2, 0) is 16.6 Å². The lowest BCUT2D eigenvalue weighted by Gasteiger charge is -2.07. The molecule has 0 saturated heterocycles. The maximum Gasteiger partial charge on any atom is 0.242 e. The largest absolute Gasteiger partial charge is 0.250 e. The molecule has 0 aliphatic heterocycles. The minimum absolute atomic E-state index is 0.000307. The number of aryl methyl sites for hydroxylation is 1. The fraction of sp³-hybridized carbons (Fsp3) is 0.167. The third-order valence-electron chi connectivity index (χ3n) is 2.56. The second-order valence-electron chi connectivity index (χ2n) is 3.79. The first-order valence-electron chi connectivity index (χ1n) is 5.42. The number of hydrogen-bond donors (Lipinski definition) is 1. The van der Waals surface area contributed by atoms with Crippen LogP contribution in [-0.4, -0.2) is 13.4 Å². The highest BCUT2D eigenvalue weighted by molar-refractivity contribution is 7.89. The SMILES string of the molecule is Cc1ncsc1CNS(=O)(=O)c1ccccc1C#N. The minimum Gasteiger partial charge on any atom is -0.250 e. The van der Waals surface area contributed by atoms with Crippen LogP contribution in [0.15, 0.2) is 34.7 Å². The molecule has 98 valence electrons. The topological polar surface area (TPSA) is 82.8 Å². The van der Waals surface area contributed by atoms with E-state index in [0.29, 0.717) is 0 Å². The van der Waals surface area contributed by atoms with Gasteiger partial charge >= 0.3 is 0 Å². The molecule has 2 aromatic rings. The maximum absolute atomic E-state index is 12.1. The van der Waals surface area contributed by atoms with Crippen LogP contribution in [0.3, 0.4) is 0 Å². The predicted molar refractivity (Wildman–Crippen MR) is 72.0 cm³/mol. The summed E-state index contributed by atoms with van der Waals surface area (Å²) in [6.45, 7) is 2.00. The third kappa shape index (κ3) is 2.98. The fourth-order valence-electron chi connectivity index (χ4n) is 1.53. The van der Waals surface area contributed by atoms with Crippen molar-refractivity contribution in [2.45, 2.75) is 18.4 Å². The summed E-state index contributed by atoms with van der Waals surface area (Å²) < 4.78 is 26.8. The van der Waals surface area contributed by atoms with Crippen LogP contribution in [0, 0.1) is 18.3 Å². The van der Waals surface area contributed by atoms with Gasteiger partial charge in [0.1, 0.15) is 6.07 Å². The molecular weight excluding hydrogens is 282 g/mol. The van der Waals surface area contributed by atoms with Gasteiger partial charge in [0.25, 0.3) is 0 Å². The Morgan fingerprint density at radius 2 is 2.16 bits per heavy atom. The number of benzene rings is 1. The molecule has 5 nitrogen and oxygen atoms in total. The van der Waals surface area contributed by atoms with E-state index in [1.807, 2.05) is 13.0 Å². The summed E-state index contributed by atoms with van der Waals surface area (Å²) in [6.07, 6.45) is 0. The monoisotopic (exact) mass is 293 g/mol. The lowest BCUT2D eigenvalue weighted by molar-refractivity contribution is 0.581. The Hall–Kier alpha value is -1.75. The Bertz CT molecular complexity index is 729. The molecule has 1 aromatic carbocycles. The van der Waals surface area contributed by atoms with E-state index in [4.69, 9.17) is 5.26 Å². The molecule has 0 aliphatic rings. The number of nitrogens with zero attached hydrogens (tertiary/aromatic N) is 2. The molecule has 1 N–H and O–H groups in total. The number of nitrogens with one attached hydrogen (secondary N) is 1. The van der Waals surface area contributed by atoms with E-state index in [-0.39, 0.29) is 17.0 Å². The van der Waals surface area contributed by atoms with Crippen molar-refractivity contribution in [3.63, 3.8) is 0 Å². The number of aromatic nitrogens is 1. The van der Waals surface area contributed by atoms with E-state index in [9.17, 15) is 8.42 Å². The first-order chi connectivity index (χ1) is 9.04. The van der Waals surface area contributed by atoms with E-state index >= 15 is 0 Å². The maximum atomic E-state index is 12.1. The van der Waals surface area contributed by atoms with Gasteiger partial charge < -0.3 is 0 Å². The van der Waals surface area contributed by atoms with Crippen molar-refractivity contribution in [3.05, 3.63) is 45.9 Å². The van der Waals surface area contributed by atoms with E-state index in [2.05, 4.69) is 9.71 Å². The van der Waals surface area contributed by atoms with Gasteiger partial charge in [-0.1, -0.05) is 12.1 Å². The molecule has 0 aliphatic carbocycles. The Balaban J connectivity index is 2.24. The molecule has 0 bridgehead atoms. The summed E-state index contributed by atoms with van der Waals surface area (Å²) in [4.78, 5) is 4.91. The van der Waals surface area contributed by atoms with Crippen molar-refractivity contribution >= 4 is 21.4 Å². The molecule has 1 heterocycles. The Morgan fingerprint density at radius 1 is 1.42 bits per heavy atom. The van der Waals surface area contributed by atoms with Crippen LogP contribution >= 0.6 is 11.3 Å². The zero-order valence-electron chi connectivity index (χ0n) is 10.1. The van der Waals surface area contributed by atoms with Crippen molar-refractivity contribution in [1.29, 1.82) is 5.26 Å². The molecule has 1 aromatic heterocycles. The Labute approximate surface area is 115 Å². The molecule has 2 rings (SSSR count). The molecule has 0 saturated carbocycles. The molecule has 0 radical (unpaired) electrons. The summed E-state index contributed by atoms with van der Waals surface area (Å²) in [7, 11) is -3.69. The predicted octanol–water partition coefficient (Wildman–Crippen LogP) is 1.80. The van der Waals surface area contributed by atoms with Gasteiger partial charge in [0.15, 0.2) is 0 Å². The molecule has 0 atom stereocenters. The van der Waals surface area contributed by atoms with Crippen molar-refractivity contribution in [2.75, 3.05) is 0 Å². The van der Waals surface area contributed by atoms with Crippen molar-refractivity contribution in [2.24, 2.45) is 0 Å². The quantitative estimate of drug-likeness (QED) is 0.931. The molecule has 0 unspecified atom stereocenters. The first-order valence-corrected chi connectivity index (χ1v) is 7.78. The van der Waals surface area contributed by atoms with E-state index in [1.54, 1.807) is 17.6 Å². The summed E-state index contributed by atoms with van der Waals surface area (Å²) in [5.41, 5.74) is 2.61. The number of nitriles is 1. The van der Waals surface area contributed by atoms with Gasteiger partial charge in [-0.25, -0.2) is 18.1 Å². The molecular formula is C12H11N3O2S2. The van der Waals surface area contributed by atoms with E-state index < -0.39 is 10.0 Å². The van der Waals surface area contributed by atoms with Gasteiger partial charge in [0.2, 0.25) is 10.0 Å². The summed E-state index contributed by atoms with van der Waals surface area (Å²) in [5, 5.41) is 8.93. The normalized spacial score (nSPS) is 11.2. The van der Waals surface area contributed by atoms with Crippen molar-refractivity contribution in [3.8, 4) is 6.07 Å². The van der Waals surface area contributed by atoms with Gasteiger partial charge in [0.05, 0.1) is 21.7 Å². The highest BCUT2D eigenvalue weighted by Crippen LogP contribution is 2.16. The van der Waals surface area contributed by atoms with Crippen LogP contribution in [0.1, 0.15) is 16.1 Å². The second kappa shape index (κ2) is 5.48. The lowest BCUT2D eigenvalue weighted by Crippen LogP contribution is -2.24. The van der Waals surface area contributed by atoms with E-state index in [1.165, 1.54) is 23.5 Å². The Morgan fingerprint density at radius 3 is 2.79 bits per heavy atom. The molecule has 0 spiro atoms. The third-order valence-corrected chi connectivity index (χ3v) is 4.96. The van der Waals surface area contributed by atoms with Gasteiger partial charge in [-0.3, -0.25) is 0 Å². The van der Waals surface area contributed by atoms with Gasteiger partial charge in [-0.05, 0) is 19.1 Å². The van der Waals surface area contributed by atoms with Crippen LogP contribution < -0.4 is 4.72 Å². The molecule has 7 heteroatoms. The van der Waals surface area contributed by atoms with Gasteiger partial charge in [-0.2, -0.15) is 5.26 Å². The standard InChI is InChI=1S/C12H11N3O2S2/c1-9-11(18-8-14-9)7-15-19(16,17)12-5-3-2-4-10(12)6-13/h2-5,8,15H,7H2,1H3. The molecule has 0 fully saturated rings. The van der Waals surface area contributed by atoms with Crippen LogP contribution in [0.25, 0.3) is 0 Å². The smallest absolute Gasteiger partial charge is 0.242 e. The zero-order valence-corrected chi connectivity index (χ0v) is 11.8. The highest BCUT2D eigenvalue weighted by Gasteiger charge is 2.18. The van der Waals surface area contributed by atoms with Crippen LogP contribution in [0.4, 0.5) is 0 Å². The van der Waals surface area contributed by atoms with Crippen LogP contribution in [0.2, 0.25) is 0 Å². The van der Waals surface area contributed by atoms with Crippen molar-refractivity contribution < 1.29 is 8.42 Å². The average Bonchev–Trinajstić information content (AvgIpc) is 2.82. The first kappa shape index (κ1) is 13.7. The fourth-order valence-corrected chi connectivity index (χ4v) is 3.49.